The lowest BCUT2D eigenvalue weighted by atomic mass is 10.1. The zero-order valence-electron chi connectivity index (χ0n) is 12.1. The quantitative estimate of drug-likeness (QED) is 0.808. The van der Waals surface area contributed by atoms with E-state index in [2.05, 4.69) is 6.92 Å². The van der Waals surface area contributed by atoms with Crippen molar-refractivity contribution >= 4 is 6.09 Å². The van der Waals surface area contributed by atoms with Gasteiger partial charge >= 0.3 is 6.09 Å². The first-order valence-electron chi connectivity index (χ1n) is 6.37. The van der Waals surface area contributed by atoms with Crippen LogP contribution in [0.25, 0.3) is 0 Å². The van der Waals surface area contributed by atoms with E-state index < -0.39 is 5.60 Å². The van der Waals surface area contributed by atoms with E-state index in [1.807, 2.05) is 34.6 Å². The summed E-state index contributed by atoms with van der Waals surface area (Å²) in [5.74, 6) is 0.398. The van der Waals surface area contributed by atoms with E-state index in [0.29, 0.717) is 19.0 Å². The lowest BCUT2D eigenvalue weighted by Crippen LogP contribution is -2.43. The Morgan fingerprint density at radius 2 is 1.82 bits per heavy atom. The predicted molar refractivity (Wildman–Crippen MR) is 70.9 cm³/mol. The molecule has 102 valence electrons. The van der Waals surface area contributed by atoms with Gasteiger partial charge < -0.3 is 15.4 Å². The molecule has 0 aliphatic carbocycles. The minimum absolute atomic E-state index is 0.144. The Kier molecular flexibility index (Phi) is 6.53. The van der Waals surface area contributed by atoms with Crippen molar-refractivity contribution in [1.29, 1.82) is 0 Å². The van der Waals surface area contributed by atoms with Gasteiger partial charge in [0.1, 0.15) is 5.60 Å². The number of rotatable bonds is 5. The Hall–Kier alpha value is -0.770. The van der Waals surface area contributed by atoms with Crippen molar-refractivity contribution in [2.45, 2.75) is 59.6 Å². The van der Waals surface area contributed by atoms with E-state index in [9.17, 15) is 4.79 Å². The van der Waals surface area contributed by atoms with E-state index in [-0.39, 0.29) is 12.1 Å². The first-order valence-corrected chi connectivity index (χ1v) is 6.37. The highest BCUT2D eigenvalue weighted by molar-refractivity contribution is 5.68. The van der Waals surface area contributed by atoms with Crippen LogP contribution in [0.3, 0.4) is 0 Å². The third-order valence-corrected chi connectivity index (χ3v) is 2.42. The third kappa shape index (κ3) is 7.21. The van der Waals surface area contributed by atoms with Gasteiger partial charge in [-0.25, -0.2) is 4.79 Å². The molecule has 0 saturated carbocycles. The molecule has 0 rings (SSSR count). The SMILES string of the molecule is CC(CCN)CN(C(=O)OC(C)(C)C)C(C)C. The Morgan fingerprint density at radius 1 is 1.29 bits per heavy atom. The molecule has 0 bridgehead atoms. The van der Waals surface area contributed by atoms with Crippen molar-refractivity contribution in [3.8, 4) is 0 Å². The lowest BCUT2D eigenvalue weighted by Gasteiger charge is -2.31. The van der Waals surface area contributed by atoms with Crippen LogP contribution >= 0.6 is 0 Å². The summed E-state index contributed by atoms with van der Waals surface area (Å²) in [6, 6.07) is 0.144. The molecule has 17 heavy (non-hydrogen) atoms. The second kappa shape index (κ2) is 6.84. The first kappa shape index (κ1) is 16.2. The molecule has 0 aliphatic heterocycles. The molecular formula is C13H28N2O2. The molecule has 2 N–H and O–H groups in total. The fraction of sp³-hybridized carbons (Fsp3) is 0.923. The van der Waals surface area contributed by atoms with Gasteiger partial charge in [0.05, 0.1) is 0 Å². The molecule has 0 aromatic heterocycles. The number of ether oxygens (including phenoxy) is 1. The van der Waals surface area contributed by atoms with Crippen LogP contribution in [-0.2, 0) is 4.74 Å². The normalized spacial score (nSPS) is 13.6. The number of amides is 1. The van der Waals surface area contributed by atoms with E-state index >= 15 is 0 Å². The summed E-state index contributed by atoms with van der Waals surface area (Å²) in [4.78, 5) is 13.8. The largest absolute Gasteiger partial charge is 0.444 e. The Balaban J connectivity index is 4.47. The van der Waals surface area contributed by atoms with Gasteiger partial charge in [-0.3, -0.25) is 0 Å². The summed E-state index contributed by atoms with van der Waals surface area (Å²) in [6.07, 6.45) is 0.683. The number of carbonyl (C=O) groups excluding carboxylic acids is 1. The average Bonchev–Trinajstić information content (AvgIpc) is 2.11. The molecule has 0 aromatic carbocycles. The van der Waals surface area contributed by atoms with Crippen molar-refractivity contribution in [3.63, 3.8) is 0 Å². The third-order valence-electron chi connectivity index (χ3n) is 2.42. The molecule has 0 spiro atoms. The molecule has 1 atom stereocenters. The Bertz CT molecular complexity index is 234. The van der Waals surface area contributed by atoms with Gasteiger partial charge in [0, 0.05) is 12.6 Å². The van der Waals surface area contributed by atoms with Gasteiger partial charge in [-0.2, -0.15) is 0 Å². The maximum atomic E-state index is 12.0. The van der Waals surface area contributed by atoms with Gasteiger partial charge in [-0.1, -0.05) is 6.92 Å². The number of carbonyl (C=O) groups is 1. The monoisotopic (exact) mass is 244 g/mol. The van der Waals surface area contributed by atoms with Crippen LogP contribution in [0.15, 0.2) is 0 Å². The van der Waals surface area contributed by atoms with Crippen molar-refractivity contribution in [2.24, 2.45) is 11.7 Å². The Labute approximate surface area is 105 Å². The maximum Gasteiger partial charge on any atom is 0.410 e. The van der Waals surface area contributed by atoms with Crippen LogP contribution in [0.2, 0.25) is 0 Å². The van der Waals surface area contributed by atoms with E-state index in [4.69, 9.17) is 10.5 Å². The van der Waals surface area contributed by atoms with Crippen LogP contribution < -0.4 is 5.73 Å². The van der Waals surface area contributed by atoms with Crippen molar-refractivity contribution < 1.29 is 9.53 Å². The summed E-state index contributed by atoms with van der Waals surface area (Å²) in [5.41, 5.74) is 5.08. The maximum absolute atomic E-state index is 12.0. The molecule has 4 nitrogen and oxygen atoms in total. The highest BCUT2D eigenvalue weighted by Crippen LogP contribution is 2.14. The molecule has 1 unspecified atom stereocenters. The summed E-state index contributed by atoms with van der Waals surface area (Å²) >= 11 is 0. The summed E-state index contributed by atoms with van der Waals surface area (Å²) < 4.78 is 5.40. The second-order valence-corrected chi connectivity index (χ2v) is 5.91. The summed E-state index contributed by atoms with van der Waals surface area (Å²) in [7, 11) is 0. The minimum atomic E-state index is -0.443. The van der Waals surface area contributed by atoms with Crippen molar-refractivity contribution in [3.05, 3.63) is 0 Å². The lowest BCUT2D eigenvalue weighted by molar-refractivity contribution is 0.0160. The van der Waals surface area contributed by atoms with Crippen LogP contribution in [0.1, 0.15) is 48.0 Å². The van der Waals surface area contributed by atoms with Gasteiger partial charge in [-0.15, -0.1) is 0 Å². The summed E-state index contributed by atoms with van der Waals surface area (Å²) in [5, 5.41) is 0. The smallest absolute Gasteiger partial charge is 0.410 e. The van der Waals surface area contributed by atoms with Gasteiger partial charge in [-0.05, 0) is 53.5 Å². The molecule has 0 saturated heterocycles. The van der Waals surface area contributed by atoms with Crippen LogP contribution in [0.5, 0.6) is 0 Å². The van der Waals surface area contributed by atoms with Gasteiger partial charge in [0.15, 0.2) is 0 Å². The van der Waals surface area contributed by atoms with E-state index in [1.54, 1.807) is 4.90 Å². The van der Waals surface area contributed by atoms with Gasteiger partial charge in [0.2, 0.25) is 0 Å². The van der Waals surface area contributed by atoms with Crippen LogP contribution in [0, 0.1) is 5.92 Å². The standard InChI is InChI=1S/C13H28N2O2/c1-10(2)15(9-11(3)7-8-14)12(16)17-13(4,5)6/h10-11H,7-9,14H2,1-6H3. The molecule has 1 amide bonds. The molecule has 0 aromatic rings. The first-order chi connectivity index (χ1) is 7.67. The van der Waals surface area contributed by atoms with E-state index in [1.165, 1.54) is 0 Å². The molecule has 0 heterocycles. The van der Waals surface area contributed by atoms with Crippen molar-refractivity contribution in [1.82, 2.24) is 4.90 Å². The number of hydrogen-bond acceptors (Lipinski definition) is 3. The number of nitrogens with two attached hydrogens (primary N) is 1. The zero-order chi connectivity index (χ0) is 13.6. The highest BCUT2D eigenvalue weighted by atomic mass is 16.6. The highest BCUT2D eigenvalue weighted by Gasteiger charge is 2.25. The van der Waals surface area contributed by atoms with E-state index in [0.717, 1.165) is 6.42 Å². The minimum Gasteiger partial charge on any atom is -0.444 e. The molecule has 0 aliphatic rings. The molecule has 0 fully saturated rings. The van der Waals surface area contributed by atoms with Crippen LogP contribution in [-0.4, -0.2) is 35.7 Å². The number of hydrogen-bond donors (Lipinski definition) is 1. The van der Waals surface area contributed by atoms with Gasteiger partial charge in [0.25, 0.3) is 0 Å². The predicted octanol–water partition coefficient (Wildman–Crippen LogP) is 2.62. The fourth-order valence-electron chi connectivity index (χ4n) is 1.53. The topological polar surface area (TPSA) is 55.6 Å². The zero-order valence-corrected chi connectivity index (χ0v) is 12.1. The molecular weight excluding hydrogens is 216 g/mol. The Morgan fingerprint density at radius 3 is 2.18 bits per heavy atom. The van der Waals surface area contributed by atoms with Crippen molar-refractivity contribution in [2.75, 3.05) is 13.1 Å². The van der Waals surface area contributed by atoms with Crippen LogP contribution in [0.4, 0.5) is 4.79 Å². The average molecular weight is 244 g/mol. The molecule has 0 radical (unpaired) electrons. The molecule has 4 heteroatoms. The summed E-state index contributed by atoms with van der Waals surface area (Å²) in [6.45, 7) is 13.1. The second-order valence-electron chi connectivity index (χ2n) is 5.91. The number of nitrogens with zero attached hydrogens (tertiary/aromatic N) is 1. The fourth-order valence-corrected chi connectivity index (χ4v) is 1.53.